The van der Waals surface area contributed by atoms with Gasteiger partial charge < -0.3 is 11.1 Å². The molecule has 1 rings (SSSR count). The molecule has 0 unspecified atom stereocenters. The molecule has 1 aromatic rings. The molecule has 100 valence electrons. The monoisotopic (exact) mass is 270 g/mol. The third-order valence-corrected chi connectivity index (χ3v) is 2.44. The molecule has 18 heavy (non-hydrogen) atoms. The summed E-state index contributed by atoms with van der Waals surface area (Å²) in [4.78, 5) is 23.1. The number of carbonyl (C=O) groups excluding carboxylic acids is 2. The molecule has 0 aliphatic carbocycles. The van der Waals surface area contributed by atoms with Gasteiger partial charge in [0.05, 0.1) is 0 Å². The number of Topliss-reactive ketones (excluding diaryl/α,β-unsaturated/α-hetero) is 1. The average molecular weight is 271 g/mol. The van der Waals surface area contributed by atoms with E-state index in [1.807, 2.05) is 25.1 Å². The number of hydrogen-bond donors (Lipinski definition) is 2. The van der Waals surface area contributed by atoms with Gasteiger partial charge in [-0.1, -0.05) is 30.3 Å². The fourth-order valence-corrected chi connectivity index (χ4v) is 1.40. The molecule has 0 saturated carbocycles. The first-order valence-electron chi connectivity index (χ1n) is 5.71. The lowest BCUT2D eigenvalue weighted by Crippen LogP contribution is -2.37. The maximum absolute atomic E-state index is 11.7. The predicted molar refractivity (Wildman–Crippen MR) is 73.9 cm³/mol. The number of rotatable bonds is 6. The Morgan fingerprint density at radius 3 is 2.39 bits per heavy atom. The van der Waals surface area contributed by atoms with Crippen molar-refractivity contribution in [3.05, 3.63) is 35.9 Å². The van der Waals surface area contributed by atoms with Crippen LogP contribution in [0.4, 0.5) is 0 Å². The first kappa shape index (κ1) is 16.6. The van der Waals surface area contributed by atoms with Crippen LogP contribution >= 0.6 is 12.4 Å². The molecule has 0 radical (unpaired) electrons. The van der Waals surface area contributed by atoms with E-state index in [9.17, 15) is 9.59 Å². The summed E-state index contributed by atoms with van der Waals surface area (Å²) in [5.74, 6) is -0.145. The molecule has 1 atom stereocenters. The van der Waals surface area contributed by atoms with Crippen molar-refractivity contribution in [3.8, 4) is 0 Å². The van der Waals surface area contributed by atoms with Gasteiger partial charge >= 0.3 is 0 Å². The third kappa shape index (κ3) is 5.80. The largest absolute Gasteiger partial charge is 0.352 e. The van der Waals surface area contributed by atoms with Gasteiger partial charge in [0.15, 0.2) is 5.78 Å². The quantitative estimate of drug-likeness (QED) is 0.770. The summed E-state index contributed by atoms with van der Waals surface area (Å²) in [6.07, 6.45) is 0.436. The van der Waals surface area contributed by atoms with Crippen LogP contribution in [0.2, 0.25) is 0 Å². The van der Waals surface area contributed by atoms with Crippen LogP contribution in [-0.4, -0.2) is 24.3 Å². The Labute approximate surface area is 113 Å². The molecule has 5 heteroatoms. The first-order chi connectivity index (χ1) is 8.13. The molecular formula is C13H19ClN2O2. The van der Waals surface area contributed by atoms with Gasteiger partial charge in [-0.25, -0.2) is 0 Å². The second-order valence-corrected chi connectivity index (χ2v) is 3.99. The molecule has 0 fully saturated rings. The van der Waals surface area contributed by atoms with E-state index in [0.717, 1.165) is 0 Å². The Balaban J connectivity index is 0.00000289. The summed E-state index contributed by atoms with van der Waals surface area (Å²) in [6.45, 7) is 2.23. The molecule has 0 bridgehead atoms. The van der Waals surface area contributed by atoms with Crippen molar-refractivity contribution < 1.29 is 9.59 Å². The number of carbonyl (C=O) groups is 2. The maximum Gasteiger partial charge on any atom is 0.220 e. The highest BCUT2D eigenvalue weighted by atomic mass is 35.5. The van der Waals surface area contributed by atoms with Gasteiger partial charge in [0.25, 0.3) is 0 Å². The summed E-state index contributed by atoms with van der Waals surface area (Å²) in [5.41, 5.74) is 6.03. The molecule has 0 heterocycles. The van der Waals surface area contributed by atoms with E-state index in [0.29, 0.717) is 12.1 Å². The highest BCUT2D eigenvalue weighted by molar-refractivity contribution is 5.97. The highest BCUT2D eigenvalue weighted by Crippen LogP contribution is 2.04. The minimum atomic E-state index is -0.132. The number of halogens is 1. The zero-order valence-corrected chi connectivity index (χ0v) is 11.2. The van der Waals surface area contributed by atoms with E-state index < -0.39 is 0 Å². The van der Waals surface area contributed by atoms with Gasteiger partial charge in [-0.2, -0.15) is 0 Å². The van der Waals surface area contributed by atoms with Gasteiger partial charge in [0, 0.05) is 31.0 Å². The van der Waals surface area contributed by atoms with E-state index in [1.165, 1.54) is 0 Å². The number of nitrogens with two attached hydrogens (primary N) is 1. The van der Waals surface area contributed by atoms with Gasteiger partial charge in [-0.05, 0) is 6.92 Å². The number of benzene rings is 1. The van der Waals surface area contributed by atoms with E-state index in [1.54, 1.807) is 12.1 Å². The van der Waals surface area contributed by atoms with Crippen molar-refractivity contribution in [2.24, 2.45) is 5.73 Å². The van der Waals surface area contributed by atoms with Crippen LogP contribution in [0.1, 0.15) is 30.1 Å². The standard InChI is InChI=1S/C13H18N2O2.ClH/c1-10(9-14)15-13(17)8-7-12(16)11-5-3-2-4-6-11;/h2-6,10H,7-9,14H2,1H3,(H,15,17);1H/t10-;/m0./s1. The maximum atomic E-state index is 11.7. The predicted octanol–water partition coefficient (Wildman–Crippen LogP) is 1.53. The van der Waals surface area contributed by atoms with Crippen molar-refractivity contribution in [1.82, 2.24) is 5.32 Å². The van der Waals surface area contributed by atoms with Gasteiger partial charge in [0.2, 0.25) is 5.91 Å². The first-order valence-corrected chi connectivity index (χ1v) is 5.71. The van der Waals surface area contributed by atoms with Crippen molar-refractivity contribution in [2.75, 3.05) is 6.54 Å². The second-order valence-electron chi connectivity index (χ2n) is 3.99. The lowest BCUT2D eigenvalue weighted by Gasteiger charge is -2.10. The lowest BCUT2D eigenvalue weighted by molar-refractivity contribution is -0.121. The van der Waals surface area contributed by atoms with E-state index in [-0.39, 0.29) is 43.0 Å². The highest BCUT2D eigenvalue weighted by Gasteiger charge is 2.10. The van der Waals surface area contributed by atoms with Gasteiger partial charge in [0.1, 0.15) is 0 Å². The molecule has 0 aromatic heterocycles. The van der Waals surface area contributed by atoms with Crippen molar-refractivity contribution >= 4 is 24.1 Å². The zero-order valence-electron chi connectivity index (χ0n) is 10.4. The topological polar surface area (TPSA) is 72.2 Å². The molecule has 4 nitrogen and oxygen atoms in total. The fourth-order valence-electron chi connectivity index (χ4n) is 1.40. The summed E-state index contributed by atoms with van der Waals surface area (Å²) in [7, 11) is 0. The Kier molecular flexibility index (Phi) is 8.00. The molecule has 0 aliphatic rings. The minimum absolute atomic E-state index is 0. The van der Waals surface area contributed by atoms with Crippen LogP contribution in [0.5, 0.6) is 0 Å². The summed E-state index contributed by atoms with van der Waals surface area (Å²) in [5, 5.41) is 2.72. The SMILES string of the molecule is C[C@@H](CN)NC(=O)CCC(=O)c1ccccc1.Cl. The summed E-state index contributed by atoms with van der Waals surface area (Å²) >= 11 is 0. The van der Waals surface area contributed by atoms with Crippen LogP contribution in [0, 0.1) is 0 Å². The number of hydrogen-bond acceptors (Lipinski definition) is 3. The van der Waals surface area contributed by atoms with Crippen LogP contribution in [0.25, 0.3) is 0 Å². The summed E-state index contributed by atoms with van der Waals surface area (Å²) < 4.78 is 0. The van der Waals surface area contributed by atoms with Crippen molar-refractivity contribution in [1.29, 1.82) is 0 Å². The number of nitrogens with one attached hydrogen (secondary N) is 1. The van der Waals surface area contributed by atoms with Gasteiger partial charge in [-0.3, -0.25) is 9.59 Å². The fraction of sp³-hybridized carbons (Fsp3) is 0.385. The Morgan fingerprint density at radius 1 is 1.22 bits per heavy atom. The Bertz CT molecular complexity index is 382. The molecular weight excluding hydrogens is 252 g/mol. The summed E-state index contributed by atoms with van der Waals surface area (Å²) in [6, 6.07) is 8.93. The number of ketones is 1. The Morgan fingerprint density at radius 2 is 1.83 bits per heavy atom. The Hall–Kier alpha value is -1.39. The van der Waals surface area contributed by atoms with E-state index in [2.05, 4.69) is 5.32 Å². The molecule has 0 saturated heterocycles. The number of amides is 1. The molecule has 3 N–H and O–H groups in total. The van der Waals surface area contributed by atoms with Crippen LogP contribution in [-0.2, 0) is 4.79 Å². The van der Waals surface area contributed by atoms with Gasteiger partial charge in [-0.15, -0.1) is 12.4 Å². The van der Waals surface area contributed by atoms with E-state index >= 15 is 0 Å². The second kappa shape index (κ2) is 8.66. The van der Waals surface area contributed by atoms with Crippen LogP contribution in [0.3, 0.4) is 0 Å². The van der Waals surface area contributed by atoms with Crippen LogP contribution < -0.4 is 11.1 Å². The molecule has 1 amide bonds. The zero-order chi connectivity index (χ0) is 12.7. The molecule has 0 aliphatic heterocycles. The third-order valence-electron chi connectivity index (χ3n) is 2.44. The van der Waals surface area contributed by atoms with Crippen molar-refractivity contribution in [2.45, 2.75) is 25.8 Å². The molecule has 0 spiro atoms. The average Bonchev–Trinajstić information content (AvgIpc) is 2.36. The minimum Gasteiger partial charge on any atom is -0.352 e. The normalized spacial score (nSPS) is 11.2. The van der Waals surface area contributed by atoms with Crippen LogP contribution in [0.15, 0.2) is 30.3 Å². The van der Waals surface area contributed by atoms with Crippen molar-refractivity contribution in [3.63, 3.8) is 0 Å². The van der Waals surface area contributed by atoms with E-state index in [4.69, 9.17) is 5.73 Å². The smallest absolute Gasteiger partial charge is 0.220 e. The molecule has 1 aromatic carbocycles. The lowest BCUT2D eigenvalue weighted by atomic mass is 10.1.